The van der Waals surface area contributed by atoms with Crippen molar-refractivity contribution in [2.75, 3.05) is 31.1 Å². The predicted octanol–water partition coefficient (Wildman–Crippen LogP) is 3.04. The summed E-state index contributed by atoms with van der Waals surface area (Å²) in [6.07, 6.45) is 7.70. The third-order valence-corrected chi connectivity index (χ3v) is 4.87. The SMILES string of the molecule is CCN(CC)c1ncc(CNCCOC2CCCC2)s1. The molecule has 0 spiro atoms. The van der Waals surface area contributed by atoms with Crippen molar-refractivity contribution in [2.45, 2.75) is 52.2 Å². The van der Waals surface area contributed by atoms with Crippen molar-refractivity contribution in [3.05, 3.63) is 11.1 Å². The van der Waals surface area contributed by atoms with Gasteiger partial charge in [-0.05, 0) is 26.7 Å². The second-order valence-corrected chi connectivity index (χ2v) is 6.33. The lowest BCUT2D eigenvalue weighted by molar-refractivity contribution is 0.0603. The standard InChI is InChI=1S/C15H27N3OS/c1-3-18(4-2)15-17-12-14(20-15)11-16-9-10-19-13-7-5-6-8-13/h12-13,16H,3-11H2,1-2H3. The molecule has 4 nitrogen and oxygen atoms in total. The quantitative estimate of drug-likeness (QED) is 0.711. The number of aromatic nitrogens is 1. The molecule has 1 aliphatic carbocycles. The Balaban J connectivity index is 1.61. The van der Waals surface area contributed by atoms with Gasteiger partial charge in [0, 0.05) is 37.3 Å². The highest BCUT2D eigenvalue weighted by atomic mass is 32.1. The largest absolute Gasteiger partial charge is 0.377 e. The first kappa shape index (κ1) is 15.7. The molecule has 2 rings (SSSR count). The van der Waals surface area contributed by atoms with Crippen molar-refractivity contribution < 1.29 is 4.74 Å². The number of hydrogen-bond donors (Lipinski definition) is 1. The van der Waals surface area contributed by atoms with Crippen molar-refractivity contribution in [1.82, 2.24) is 10.3 Å². The molecule has 1 aliphatic rings. The maximum absolute atomic E-state index is 5.84. The summed E-state index contributed by atoms with van der Waals surface area (Å²) in [7, 11) is 0. The van der Waals surface area contributed by atoms with Crippen LogP contribution in [0.25, 0.3) is 0 Å². The first-order valence-corrected chi connectivity index (χ1v) is 8.67. The summed E-state index contributed by atoms with van der Waals surface area (Å²) in [5.41, 5.74) is 0. The molecule has 0 saturated heterocycles. The highest BCUT2D eigenvalue weighted by molar-refractivity contribution is 7.15. The zero-order chi connectivity index (χ0) is 14.2. The molecular weight excluding hydrogens is 270 g/mol. The topological polar surface area (TPSA) is 37.4 Å². The summed E-state index contributed by atoms with van der Waals surface area (Å²) in [5, 5.41) is 4.57. The van der Waals surface area contributed by atoms with E-state index < -0.39 is 0 Å². The molecule has 0 radical (unpaired) electrons. The van der Waals surface area contributed by atoms with Gasteiger partial charge in [0.05, 0.1) is 12.7 Å². The fourth-order valence-corrected chi connectivity index (χ4v) is 3.59. The summed E-state index contributed by atoms with van der Waals surface area (Å²) >= 11 is 1.78. The van der Waals surface area contributed by atoms with Gasteiger partial charge < -0.3 is 15.0 Å². The normalized spacial score (nSPS) is 15.9. The van der Waals surface area contributed by atoms with E-state index in [9.17, 15) is 0 Å². The number of thiazole rings is 1. The second kappa shape index (κ2) is 8.60. The van der Waals surface area contributed by atoms with Crippen LogP contribution < -0.4 is 10.2 Å². The van der Waals surface area contributed by atoms with Gasteiger partial charge in [0.2, 0.25) is 0 Å². The Morgan fingerprint density at radius 2 is 2.10 bits per heavy atom. The lowest BCUT2D eigenvalue weighted by Crippen LogP contribution is -2.21. The number of nitrogens with one attached hydrogen (secondary N) is 1. The van der Waals surface area contributed by atoms with E-state index in [0.29, 0.717) is 6.10 Å². The molecule has 0 atom stereocenters. The van der Waals surface area contributed by atoms with Crippen LogP contribution in [0.3, 0.4) is 0 Å². The summed E-state index contributed by atoms with van der Waals surface area (Å²) in [6, 6.07) is 0. The van der Waals surface area contributed by atoms with Gasteiger partial charge >= 0.3 is 0 Å². The minimum Gasteiger partial charge on any atom is -0.377 e. The minimum atomic E-state index is 0.523. The zero-order valence-electron chi connectivity index (χ0n) is 12.7. The predicted molar refractivity (Wildman–Crippen MR) is 85.6 cm³/mol. The number of rotatable bonds is 9. The van der Waals surface area contributed by atoms with Crippen LogP contribution in [0.4, 0.5) is 5.13 Å². The van der Waals surface area contributed by atoms with Crippen LogP contribution in [0.2, 0.25) is 0 Å². The van der Waals surface area contributed by atoms with Crippen molar-refractivity contribution in [1.29, 1.82) is 0 Å². The Morgan fingerprint density at radius 1 is 1.35 bits per heavy atom. The first-order chi connectivity index (χ1) is 9.83. The van der Waals surface area contributed by atoms with Crippen molar-refractivity contribution >= 4 is 16.5 Å². The average Bonchev–Trinajstić information content (AvgIpc) is 3.12. The highest BCUT2D eigenvalue weighted by Gasteiger charge is 2.14. The molecule has 0 aromatic carbocycles. The fraction of sp³-hybridized carbons (Fsp3) is 0.800. The molecule has 114 valence electrons. The van der Waals surface area contributed by atoms with Gasteiger partial charge in [0.15, 0.2) is 5.13 Å². The van der Waals surface area contributed by atoms with Crippen LogP contribution in [-0.4, -0.2) is 37.3 Å². The maximum Gasteiger partial charge on any atom is 0.185 e. The van der Waals surface area contributed by atoms with Crippen molar-refractivity contribution in [2.24, 2.45) is 0 Å². The van der Waals surface area contributed by atoms with E-state index in [1.165, 1.54) is 30.6 Å². The third-order valence-electron chi connectivity index (χ3n) is 3.81. The van der Waals surface area contributed by atoms with E-state index in [4.69, 9.17) is 4.74 Å². The zero-order valence-corrected chi connectivity index (χ0v) is 13.5. The average molecular weight is 297 g/mol. The van der Waals surface area contributed by atoms with Crippen LogP contribution in [0.5, 0.6) is 0 Å². The van der Waals surface area contributed by atoms with Gasteiger partial charge in [-0.15, -0.1) is 11.3 Å². The number of hydrogen-bond acceptors (Lipinski definition) is 5. The van der Waals surface area contributed by atoms with E-state index >= 15 is 0 Å². The van der Waals surface area contributed by atoms with Crippen LogP contribution >= 0.6 is 11.3 Å². The first-order valence-electron chi connectivity index (χ1n) is 7.85. The Labute approximate surface area is 126 Å². The summed E-state index contributed by atoms with van der Waals surface area (Å²) in [4.78, 5) is 8.08. The van der Waals surface area contributed by atoms with Gasteiger partial charge in [0.25, 0.3) is 0 Å². The Hall–Kier alpha value is -0.650. The minimum absolute atomic E-state index is 0.523. The molecule has 1 saturated carbocycles. The smallest absolute Gasteiger partial charge is 0.185 e. The van der Waals surface area contributed by atoms with Crippen LogP contribution in [0.1, 0.15) is 44.4 Å². The lowest BCUT2D eigenvalue weighted by atomic mass is 10.3. The fourth-order valence-electron chi connectivity index (χ4n) is 2.58. The highest BCUT2D eigenvalue weighted by Crippen LogP contribution is 2.22. The number of anilines is 1. The summed E-state index contributed by atoms with van der Waals surface area (Å²) in [5.74, 6) is 0. The molecule has 5 heteroatoms. The van der Waals surface area contributed by atoms with Crippen LogP contribution in [0, 0.1) is 0 Å². The molecule has 0 unspecified atom stereocenters. The lowest BCUT2D eigenvalue weighted by Gasteiger charge is -2.16. The molecule has 20 heavy (non-hydrogen) atoms. The molecule has 0 bridgehead atoms. The van der Waals surface area contributed by atoms with Crippen molar-refractivity contribution in [3.63, 3.8) is 0 Å². The molecule has 1 aromatic heterocycles. The Bertz CT molecular complexity index is 373. The Morgan fingerprint density at radius 3 is 2.80 bits per heavy atom. The molecule has 0 aliphatic heterocycles. The molecule has 1 aromatic rings. The number of nitrogens with zero attached hydrogens (tertiary/aromatic N) is 2. The maximum atomic E-state index is 5.84. The van der Waals surface area contributed by atoms with E-state index in [1.807, 2.05) is 6.20 Å². The molecule has 1 N–H and O–H groups in total. The molecule has 0 amide bonds. The third kappa shape index (κ3) is 4.72. The van der Waals surface area contributed by atoms with Crippen molar-refractivity contribution in [3.8, 4) is 0 Å². The van der Waals surface area contributed by atoms with Gasteiger partial charge in [-0.3, -0.25) is 0 Å². The van der Waals surface area contributed by atoms with Gasteiger partial charge in [-0.2, -0.15) is 0 Å². The summed E-state index contributed by atoms with van der Waals surface area (Å²) in [6.45, 7) is 9.03. The van der Waals surface area contributed by atoms with E-state index in [2.05, 4.69) is 29.0 Å². The van der Waals surface area contributed by atoms with E-state index in [1.54, 1.807) is 11.3 Å². The molecular formula is C15H27N3OS. The second-order valence-electron chi connectivity index (χ2n) is 5.24. The van der Waals surface area contributed by atoms with Gasteiger partial charge in [-0.1, -0.05) is 12.8 Å². The molecule has 1 fully saturated rings. The summed E-state index contributed by atoms with van der Waals surface area (Å²) < 4.78 is 5.84. The Kier molecular flexibility index (Phi) is 6.76. The van der Waals surface area contributed by atoms with E-state index in [-0.39, 0.29) is 0 Å². The monoisotopic (exact) mass is 297 g/mol. The number of ether oxygens (including phenoxy) is 1. The molecule has 1 heterocycles. The van der Waals surface area contributed by atoms with Gasteiger partial charge in [-0.25, -0.2) is 4.98 Å². The van der Waals surface area contributed by atoms with Crippen LogP contribution in [0.15, 0.2) is 6.20 Å². The van der Waals surface area contributed by atoms with Crippen LogP contribution in [-0.2, 0) is 11.3 Å². The van der Waals surface area contributed by atoms with E-state index in [0.717, 1.165) is 37.9 Å². The van der Waals surface area contributed by atoms with Gasteiger partial charge in [0.1, 0.15) is 0 Å².